The molecule has 6 heteroatoms. The first-order valence-corrected chi connectivity index (χ1v) is 7.16. The first-order chi connectivity index (χ1) is 9.01. The molecule has 0 aliphatic heterocycles. The molecule has 0 aromatic heterocycles. The van der Waals surface area contributed by atoms with E-state index in [2.05, 4.69) is 4.74 Å². The van der Waals surface area contributed by atoms with E-state index >= 15 is 0 Å². The van der Waals surface area contributed by atoms with E-state index in [4.69, 9.17) is 0 Å². The Labute approximate surface area is 113 Å². The zero-order valence-corrected chi connectivity index (χ0v) is 11.6. The summed E-state index contributed by atoms with van der Waals surface area (Å²) in [5.41, 5.74) is 0. The van der Waals surface area contributed by atoms with Crippen molar-refractivity contribution in [3.63, 3.8) is 0 Å². The second-order valence-electron chi connectivity index (χ2n) is 4.03. The predicted molar refractivity (Wildman–Crippen MR) is 68.1 cm³/mol. The monoisotopic (exact) mass is 290 g/mol. The van der Waals surface area contributed by atoms with Crippen LogP contribution in [0.3, 0.4) is 0 Å². The molecule has 0 amide bonds. The van der Waals surface area contributed by atoms with E-state index in [0.717, 1.165) is 18.6 Å². The van der Waals surface area contributed by atoms with Crippen LogP contribution < -0.4 is 0 Å². The summed E-state index contributed by atoms with van der Waals surface area (Å²) in [4.78, 5) is 11.4. The molecule has 1 aromatic carbocycles. The molecule has 2 atom stereocenters. The number of halogens is 2. The zero-order valence-electron chi connectivity index (χ0n) is 10.8. The fraction of sp³-hybridized carbons (Fsp3) is 0.462. The van der Waals surface area contributed by atoms with Crippen LogP contribution in [0.1, 0.15) is 26.2 Å². The molecule has 19 heavy (non-hydrogen) atoms. The van der Waals surface area contributed by atoms with Crippen molar-refractivity contribution >= 4 is 16.8 Å². The number of carbonyl (C=O) groups is 1. The van der Waals surface area contributed by atoms with E-state index in [9.17, 15) is 17.8 Å². The lowest BCUT2D eigenvalue weighted by atomic mass is 10.2. The highest BCUT2D eigenvalue weighted by molar-refractivity contribution is 7.86. The summed E-state index contributed by atoms with van der Waals surface area (Å²) in [6.45, 7) is 1.93. The van der Waals surface area contributed by atoms with Gasteiger partial charge in [0.1, 0.15) is 16.9 Å². The molecule has 106 valence electrons. The number of unbranched alkanes of at least 4 members (excludes halogenated alkanes) is 1. The molecule has 0 heterocycles. The van der Waals surface area contributed by atoms with Crippen molar-refractivity contribution in [2.45, 2.75) is 36.3 Å². The van der Waals surface area contributed by atoms with E-state index in [0.29, 0.717) is 18.9 Å². The molecule has 0 saturated carbocycles. The molecule has 0 bridgehead atoms. The van der Waals surface area contributed by atoms with E-state index in [1.165, 1.54) is 7.11 Å². The minimum absolute atomic E-state index is 0.173. The smallest absolute Gasteiger partial charge is 0.321 e. The lowest BCUT2D eigenvalue weighted by molar-refractivity contribution is -0.140. The SMILES string of the molecule is CCCCC(C(=O)OC)S(=O)c1ccc(F)cc1F. The number of hydrogen-bond donors (Lipinski definition) is 0. The highest BCUT2D eigenvalue weighted by atomic mass is 32.2. The van der Waals surface area contributed by atoms with Crippen molar-refractivity contribution in [1.82, 2.24) is 0 Å². The normalized spacial score (nSPS) is 13.9. The third-order valence-corrected chi connectivity index (χ3v) is 4.36. The lowest BCUT2D eigenvalue weighted by Gasteiger charge is -2.14. The second-order valence-corrected chi connectivity index (χ2v) is 5.63. The van der Waals surface area contributed by atoms with Crippen LogP contribution in [0.2, 0.25) is 0 Å². The molecule has 0 spiro atoms. The lowest BCUT2D eigenvalue weighted by Crippen LogP contribution is -2.28. The minimum Gasteiger partial charge on any atom is -0.468 e. The molecule has 2 unspecified atom stereocenters. The van der Waals surface area contributed by atoms with Crippen LogP contribution in [-0.4, -0.2) is 22.5 Å². The van der Waals surface area contributed by atoms with E-state index in [1.807, 2.05) is 6.92 Å². The van der Waals surface area contributed by atoms with Crippen LogP contribution in [0.15, 0.2) is 23.1 Å². The molecule has 1 rings (SSSR count). The van der Waals surface area contributed by atoms with Gasteiger partial charge in [-0.3, -0.25) is 9.00 Å². The third-order valence-electron chi connectivity index (χ3n) is 2.65. The van der Waals surface area contributed by atoms with Crippen LogP contribution in [0.4, 0.5) is 8.78 Å². The van der Waals surface area contributed by atoms with Gasteiger partial charge in [0.2, 0.25) is 0 Å². The average Bonchev–Trinajstić information content (AvgIpc) is 2.38. The summed E-state index contributed by atoms with van der Waals surface area (Å²) >= 11 is 0. The summed E-state index contributed by atoms with van der Waals surface area (Å²) in [6, 6.07) is 2.77. The quantitative estimate of drug-likeness (QED) is 0.757. The molecule has 1 aromatic rings. The number of carbonyl (C=O) groups excluding carboxylic acids is 1. The van der Waals surface area contributed by atoms with E-state index in [1.54, 1.807) is 0 Å². The first-order valence-electron chi connectivity index (χ1n) is 5.94. The van der Waals surface area contributed by atoms with Gasteiger partial charge in [-0.05, 0) is 18.6 Å². The van der Waals surface area contributed by atoms with Crippen LogP contribution in [-0.2, 0) is 20.3 Å². The standard InChI is InChI=1S/C13H16F2O3S/c1-3-4-5-12(13(16)18-2)19(17)11-7-6-9(14)8-10(11)15/h6-8,12H,3-5H2,1-2H3. The zero-order chi connectivity index (χ0) is 14.4. The average molecular weight is 290 g/mol. The maximum Gasteiger partial charge on any atom is 0.321 e. The van der Waals surface area contributed by atoms with Crippen molar-refractivity contribution in [1.29, 1.82) is 0 Å². The highest BCUT2D eigenvalue weighted by Crippen LogP contribution is 2.20. The van der Waals surface area contributed by atoms with Crippen LogP contribution >= 0.6 is 0 Å². The molecule has 0 N–H and O–H groups in total. The Balaban J connectivity index is 3.01. The summed E-state index contributed by atoms with van der Waals surface area (Å²) < 4.78 is 43.2. The van der Waals surface area contributed by atoms with Gasteiger partial charge in [-0.1, -0.05) is 19.8 Å². The number of rotatable bonds is 6. The fourth-order valence-electron chi connectivity index (χ4n) is 1.62. The largest absolute Gasteiger partial charge is 0.468 e. The maximum atomic E-state index is 13.6. The van der Waals surface area contributed by atoms with Crippen molar-refractivity contribution in [3.8, 4) is 0 Å². The van der Waals surface area contributed by atoms with Gasteiger partial charge in [0.05, 0.1) is 22.8 Å². The van der Waals surface area contributed by atoms with Gasteiger partial charge in [0.25, 0.3) is 0 Å². The van der Waals surface area contributed by atoms with Gasteiger partial charge in [-0.2, -0.15) is 0 Å². The number of ether oxygens (including phenoxy) is 1. The number of benzene rings is 1. The maximum absolute atomic E-state index is 13.6. The van der Waals surface area contributed by atoms with Crippen molar-refractivity contribution in [2.24, 2.45) is 0 Å². The van der Waals surface area contributed by atoms with Gasteiger partial charge in [-0.15, -0.1) is 0 Å². The molecule has 0 radical (unpaired) electrons. The Kier molecular flexibility index (Phi) is 6.08. The molecule has 0 saturated heterocycles. The number of methoxy groups -OCH3 is 1. The fourth-order valence-corrected chi connectivity index (χ4v) is 3.04. The van der Waals surface area contributed by atoms with E-state index < -0.39 is 33.7 Å². The molecule has 0 aliphatic rings. The molecular formula is C13H16F2O3S. The Morgan fingerprint density at radius 1 is 1.42 bits per heavy atom. The molecule has 3 nitrogen and oxygen atoms in total. The number of hydrogen-bond acceptors (Lipinski definition) is 3. The minimum atomic E-state index is -1.89. The van der Waals surface area contributed by atoms with Crippen LogP contribution in [0.25, 0.3) is 0 Å². The van der Waals surface area contributed by atoms with Crippen molar-refractivity contribution in [3.05, 3.63) is 29.8 Å². The molecular weight excluding hydrogens is 274 g/mol. The summed E-state index contributed by atoms with van der Waals surface area (Å²) in [5, 5.41) is -0.926. The third kappa shape index (κ3) is 4.09. The van der Waals surface area contributed by atoms with Gasteiger partial charge in [0.15, 0.2) is 0 Å². The molecule has 0 aliphatic carbocycles. The Morgan fingerprint density at radius 2 is 2.11 bits per heavy atom. The predicted octanol–water partition coefficient (Wildman–Crippen LogP) is 2.80. The van der Waals surface area contributed by atoms with E-state index in [-0.39, 0.29) is 4.90 Å². The van der Waals surface area contributed by atoms with Gasteiger partial charge in [-0.25, -0.2) is 8.78 Å². The highest BCUT2D eigenvalue weighted by Gasteiger charge is 2.28. The summed E-state index contributed by atoms with van der Waals surface area (Å²) in [7, 11) is -0.695. The van der Waals surface area contributed by atoms with Gasteiger partial charge < -0.3 is 4.74 Å². The van der Waals surface area contributed by atoms with Crippen LogP contribution in [0.5, 0.6) is 0 Å². The Bertz CT molecular complexity index is 477. The number of esters is 1. The molecule has 0 fully saturated rings. The first kappa shape index (κ1) is 15.8. The van der Waals surface area contributed by atoms with Gasteiger partial charge >= 0.3 is 5.97 Å². The Hall–Kier alpha value is -1.30. The van der Waals surface area contributed by atoms with Crippen molar-refractivity contribution in [2.75, 3.05) is 7.11 Å². The summed E-state index contributed by atoms with van der Waals surface area (Å²) in [5.74, 6) is -2.30. The summed E-state index contributed by atoms with van der Waals surface area (Å²) in [6.07, 6.45) is 1.83. The second kappa shape index (κ2) is 7.33. The van der Waals surface area contributed by atoms with Crippen molar-refractivity contribution < 1.29 is 22.5 Å². The van der Waals surface area contributed by atoms with Crippen LogP contribution in [0, 0.1) is 11.6 Å². The Morgan fingerprint density at radius 3 is 2.63 bits per heavy atom. The topological polar surface area (TPSA) is 43.4 Å². The van der Waals surface area contributed by atoms with Gasteiger partial charge in [0, 0.05) is 6.07 Å².